The predicted molar refractivity (Wildman–Crippen MR) is 117 cm³/mol. The summed E-state index contributed by atoms with van der Waals surface area (Å²) in [6, 6.07) is 14.4. The molecule has 156 valence electrons. The van der Waals surface area contributed by atoms with E-state index in [0.29, 0.717) is 48.1 Å². The van der Waals surface area contributed by atoms with Crippen molar-refractivity contribution in [3.05, 3.63) is 59.8 Å². The van der Waals surface area contributed by atoms with Crippen LogP contribution in [0.25, 0.3) is 0 Å². The standard InChI is InChI=1S/C26H30N2O2/c1-26-14-13-20-19-7-3-2-6-17(19)9-11-21(20)25(26)18(16-22(26)29)10-12-24(30)28-23-8-4-5-15-27-23/h2-8,15,18,20-21,25H,9-14,16H2,1H3,(H,27,28,30)/t18-,20?,21?,25?,26-/m1/s1. The van der Waals surface area contributed by atoms with Crippen molar-refractivity contribution in [2.75, 3.05) is 5.32 Å². The number of pyridine rings is 1. The smallest absolute Gasteiger partial charge is 0.225 e. The van der Waals surface area contributed by atoms with Crippen molar-refractivity contribution in [1.82, 2.24) is 4.98 Å². The highest BCUT2D eigenvalue weighted by Gasteiger charge is 2.58. The van der Waals surface area contributed by atoms with Crippen LogP contribution in [0.2, 0.25) is 0 Å². The highest BCUT2D eigenvalue weighted by Crippen LogP contribution is 2.62. The molecule has 1 aromatic heterocycles. The largest absolute Gasteiger partial charge is 0.311 e. The zero-order chi connectivity index (χ0) is 20.7. The first-order valence-electron chi connectivity index (χ1n) is 11.4. The Bertz CT molecular complexity index is 957. The molecule has 0 radical (unpaired) electrons. The maximum absolute atomic E-state index is 13.1. The third-order valence-electron chi connectivity index (χ3n) is 8.16. The van der Waals surface area contributed by atoms with Crippen molar-refractivity contribution in [2.45, 2.75) is 57.8 Å². The van der Waals surface area contributed by atoms with Crippen LogP contribution in [0.1, 0.15) is 62.5 Å². The Morgan fingerprint density at radius 2 is 2.00 bits per heavy atom. The maximum atomic E-state index is 13.1. The normalized spacial score (nSPS) is 32.1. The van der Waals surface area contributed by atoms with Gasteiger partial charge in [0.1, 0.15) is 11.6 Å². The Hall–Kier alpha value is -2.49. The van der Waals surface area contributed by atoms with Gasteiger partial charge >= 0.3 is 0 Å². The monoisotopic (exact) mass is 402 g/mol. The molecule has 3 aliphatic carbocycles. The highest BCUT2D eigenvalue weighted by molar-refractivity contribution is 5.90. The second-order valence-corrected chi connectivity index (χ2v) is 9.68. The number of nitrogens with one attached hydrogen (secondary N) is 1. The van der Waals surface area contributed by atoms with E-state index in [1.54, 1.807) is 12.3 Å². The van der Waals surface area contributed by atoms with Crippen LogP contribution in [0, 0.1) is 23.2 Å². The van der Waals surface area contributed by atoms with Gasteiger partial charge < -0.3 is 5.32 Å². The molecule has 4 heteroatoms. The van der Waals surface area contributed by atoms with Crippen LogP contribution in [0.5, 0.6) is 0 Å². The van der Waals surface area contributed by atoms with Crippen molar-refractivity contribution >= 4 is 17.5 Å². The summed E-state index contributed by atoms with van der Waals surface area (Å²) in [6.45, 7) is 2.21. The Morgan fingerprint density at radius 1 is 1.17 bits per heavy atom. The van der Waals surface area contributed by atoms with Crippen molar-refractivity contribution < 1.29 is 9.59 Å². The van der Waals surface area contributed by atoms with Gasteiger partial charge in [-0.2, -0.15) is 0 Å². The number of amides is 1. The molecular formula is C26H30N2O2. The van der Waals surface area contributed by atoms with Crippen LogP contribution in [0.4, 0.5) is 5.82 Å². The Kier molecular flexibility index (Phi) is 4.96. The molecule has 3 aliphatic rings. The lowest BCUT2D eigenvalue weighted by atomic mass is 9.54. The lowest BCUT2D eigenvalue weighted by Gasteiger charge is -2.50. The highest BCUT2D eigenvalue weighted by atomic mass is 16.1. The number of anilines is 1. The quantitative estimate of drug-likeness (QED) is 0.769. The third-order valence-corrected chi connectivity index (χ3v) is 8.16. The summed E-state index contributed by atoms with van der Waals surface area (Å²) < 4.78 is 0. The first kappa shape index (κ1) is 19.5. The lowest BCUT2D eigenvalue weighted by Crippen LogP contribution is -2.44. The third kappa shape index (κ3) is 3.27. The summed E-state index contributed by atoms with van der Waals surface area (Å²) in [7, 11) is 0. The van der Waals surface area contributed by atoms with Crippen LogP contribution in [0.15, 0.2) is 48.7 Å². The van der Waals surface area contributed by atoms with Gasteiger partial charge in [-0.25, -0.2) is 4.98 Å². The second kappa shape index (κ2) is 7.64. The number of hydrogen-bond donors (Lipinski definition) is 1. The van der Waals surface area contributed by atoms with Crippen molar-refractivity contribution in [1.29, 1.82) is 0 Å². The first-order chi connectivity index (χ1) is 14.6. The van der Waals surface area contributed by atoms with Gasteiger partial charge in [0.15, 0.2) is 0 Å². The maximum Gasteiger partial charge on any atom is 0.225 e. The van der Waals surface area contributed by atoms with E-state index >= 15 is 0 Å². The fourth-order valence-corrected chi connectivity index (χ4v) is 6.81. The minimum Gasteiger partial charge on any atom is -0.311 e. The molecule has 3 unspecified atom stereocenters. The van der Waals surface area contributed by atoms with Gasteiger partial charge in [0.2, 0.25) is 5.91 Å². The molecule has 1 amide bonds. The molecule has 0 saturated heterocycles. The van der Waals surface area contributed by atoms with Crippen LogP contribution in [-0.2, 0) is 16.0 Å². The molecule has 1 aromatic carbocycles. The van der Waals surface area contributed by atoms with Crippen LogP contribution in [0.3, 0.4) is 0 Å². The van der Waals surface area contributed by atoms with E-state index < -0.39 is 0 Å². The molecule has 0 spiro atoms. The fraction of sp³-hybridized carbons (Fsp3) is 0.500. The molecule has 30 heavy (non-hydrogen) atoms. The number of ketones is 1. The van der Waals surface area contributed by atoms with Crippen LogP contribution >= 0.6 is 0 Å². The second-order valence-electron chi connectivity index (χ2n) is 9.68. The van der Waals surface area contributed by atoms with Crippen LogP contribution in [-0.4, -0.2) is 16.7 Å². The van der Waals surface area contributed by atoms with Gasteiger partial charge in [0.05, 0.1) is 0 Å². The molecule has 2 fully saturated rings. The molecule has 0 bridgehead atoms. The molecule has 4 nitrogen and oxygen atoms in total. The van der Waals surface area contributed by atoms with Gasteiger partial charge in [-0.05, 0) is 79.0 Å². The average molecular weight is 403 g/mol. The van der Waals surface area contributed by atoms with Gasteiger partial charge in [-0.3, -0.25) is 9.59 Å². The van der Waals surface area contributed by atoms with E-state index in [4.69, 9.17) is 0 Å². The summed E-state index contributed by atoms with van der Waals surface area (Å²) in [5, 5.41) is 2.89. The molecule has 1 N–H and O–H groups in total. The number of carbonyl (C=O) groups is 2. The van der Waals surface area contributed by atoms with Crippen molar-refractivity contribution in [2.24, 2.45) is 23.2 Å². The zero-order valence-corrected chi connectivity index (χ0v) is 17.6. The number of Topliss-reactive ketones (excluding diaryl/α,β-unsaturated/α-hetero) is 1. The summed E-state index contributed by atoms with van der Waals surface area (Å²) >= 11 is 0. The van der Waals surface area contributed by atoms with E-state index in [1.807, 2.05) is 12.1 Å². The summed E-state index contributed by atoms with van der Waals surface area (Å²) in [5.74, 6) is 2.88. The molecule has 1 heterocycles. The van der Waals surface area contributed by atoms with Gasteiger partial charge in [-0.15, -0.1) is 0 Å². The minimum atomic E-state index is -0.199. The summed E-state index contributed by atoms with van der Waals surface area (Å²) in [5.41, 5.74) is 2.81. The van der Waals surface area contributed by atoms with E-state index in [2.05, 4.69) is 41.5 Å². The average Bonchev–Trinajstić information content (AvgIpc) is 3.03. The number of nitrogens with zero attached hydrogens (tertiary/aromatic N) is 1. The van der Waals surface area contributed by atoms with Gasteiger partial charge in [0, 0.05) is 24.5 Å². The molecule has 2 saturated carbocycles. The molecule has 0 aliphatic heterocycles. The Labute approximate surface area is 178 Å². The van der Waals surface area contributed by atoms with Crippen LogP contribution < -0.4 is 5.32 Å². The number of fused-ring (bicyclic) bond motifs is 5. The number of carbonyl (C=O) groups excluding carboxylic acids is 2. The van der Waals surface area contributed by atoms with Gasteiger partial charge in [-0.1, -0.05) is 37.3 Å². The number of aromatic nitrogens is 1. The topological polar surface area (TPSA) is 59.1 Å². The summed E-state index contributed by atoms with van der Waals surface area (Å²) in [4.78, 5) is 29.8. The lowest BCUT2D eigenvalue weighted by molar-refractivity contribution is -0.129. The predicted octanol–water partition coefficient (Wildman–Crippen LogP) is 5.15. The number of benzene rings is 1. The SMILES string of the molecule is C[C@]12CCC3c4ccccc4CCC3C1[C@H](CCC(=O)Nc1ccccn1)CC2=O. The van der Waals surface area contributed by atoms with E-state index in [-0.39, 0.29) is 11.3 Å². The van der Waals surface area contributed by atoms with E-state index in [0.717, 1.165) is 25.7 Å². The summed E-state index contributed by atoms with van der Waals surface area (Å²) in [6.07, 6.45) is 7.96. The van der Waals surface area contributed by atoms with E-state index in [1.165, 1.54) is 17.5 Å². The first-order valence-corrected chi connectivity index (χ1v) is 11.4. The van der Waals surface area contributed by atoms with Crippen molar-refractivity contribution in [3.8, 4) is 0 Å². The van der Waals surface area contributed by atoms with E-state index in [9.17, 15) is 9.59 Å². The fourth-order valence-electron chi connectivity index (χ4n) is 6.81. The molecule has 5 rings (SSSR count). The molecular weight excluding hydrogens is 372 g/mol. The van der Waals surface area contributed by atoms with Crippen molar-refractivity contribution in [3.63, 3.8) is 0 Å². The molecule has 2 aromatic rings. The Balaban J connectivity index is 1.33. The Morgan fingerprint density at radius 3 is 2.83 bits per heavy atom. The number of hydrogen-bond acceptors (Lipinski definition) is 3. The zero-order valence-electron chi connectivity index (χ0n) is 17.6. The number of rotatable bonds is 4. The molecule has 5 atom stereocenters. The number of aryl methyl sites for hydroxylation is 1. The van der Waals surface area contributed by atoms with Gasteiger partial charge in [0.25, 0.3) is 0 Å². The minimum absolute atomic E-state index is 0.00361.